The molecule has 1 aliphatic rings. The van der Waals surface area contributed by atoms with Gasteiger partial charge in [0, 0.05) is 20.3 Å². The first-order valence-electron chi connectivity index (χ1n) is 7.40. The van der Waals surface area contributed by atoms with Crippen LogP contribution in [0.2, 0.25) is 32.7 Å². The van der Waals surface area contributed by atoms with Crippen molar-refractivity contribution in [3.05, 3.63) is 0 Å². The molecule has 0 radical (unpaired) electrons. The number of rotatable bonds is 11. The van der Waals surface area contributed by atoms with Gasteiger partial charge in [-0.15, -0.1) is 0 Å². The van der Waals surface area contributed by atoms with E-state index in [4.69, 9.17) is 26.6 Å². The zero-order valence-corrected chi connectivity index (χ0v) is 17.4. The molecular formula is C12H30O6Si3. The molecule has 0 N–H and O–H groups in total. The lowest BCUT2D eigenvalue weighted by molar-refractivity contribution is 0.103. The Kier molecular flexibility index (Phi) is 7.22. The van der Waals surface area contributed by atoms with E-state index in [1.165, 1.54) is 0 Å². The van der Waals surface area contributed by atoms with Crippen molar-refractivity contribution in [2.75, 3.05) is 33.2 Å². The highest BCUT2D eigenvalue weighted by Crippen LogP contribution is 2.22. The summed E-state index contributed by atoms with van der Waals surface area (Å²) in [6, 6.07) is 0. The topological polar surface area (TPSA) is 58.7 Å². The first-order chi connectivity index (χ1) is 9.61. The van der Waals surface area contributed by atoms with Gasteiger partial charge in [-0.1, -0.05) is 0 Å². The first-order valence-corrected chi connectivity index (χ1v) is 15.6. The van der Waals surface area contributed by atoms with Crippen LogP contribution in [0.5, 0.6) is 0 Å². The van der Waals surface area contributed by atoms with E-state index < -0.39 is 25.7 Å². The first kappa shape index (κ1) is 19.5. The number of ether oxygens (including phenoxy) is 2. The molecule has 0 amide bonds. The Morgan fingerprint density at radius 1 is 1.10 bits per heavy atom. The van der Waals surface area contributed by atoms with Gasteiger partial charge in [-0.25, -0.2) is 0 Å². The van der Waals surface area contributed by atoms with Gasteiger partial charge in [0.05, 0.1) is 19.4 Å². The Bertz CT molecular complexity index is 323. The Labute approximate surface area is 131 Å². The molecule has 6 nitrogen and oxygen atoms in total. The third-order valence-corrected chi connectivity index (χ3v) is 12.3. The molecule has 1 aliphatic heterocycles. The zero-order valence-electron chi connectivity index (χ0n) is 14.4. The summed E-state index contributed by atoms with van der Waals surface area (Å²) in [5.41, 5.74) is 0. The third-order valence-electron chi connectivity index (χ3n) is 2.80. The SMILES string of the molecule is CCO[Si](C)(O[Si](C)(C)C)O[Si](C)(COCC1CO1)OC. The minimum absolute atomic E-state index is 0.244. The summed E-state index contributed by atoms with van der Waals surface area (Å²) < 4.78 is 34.8. The molecule has 0 aromatic rings. The summed E-state index contributed by atoms with van der Waals surface area (Å²) in [7, 11) is -5.29. The smallest absolute Gasteiger partial charge is 0.417 e. The monoisotopic (exact) mass is 354 g/mol. The lowest BCUT2D eigenvalue weighted by atomic mass is 10.5. The predicted octanol–water partition coefficient (Wildman–Crippen LogP) is 2.13. The van der Waals surface area contributed by atoms with Crippen LogP contribution in [-0.4, -0.2) is 64.9 Å². The average Bonchev–Trinajstić information content (AvgIpc) is 3.10. The summed E-state index contributed by atoms with van der Waals surface area (Å²) in [6.45, 7) is 14.2. The van der Waals surface area contributed by atoms with E-state index >= 15 is 0 Å². The molecule has 1 heterocycles. The molecule has 0 bridgehead atoms. The molecule has 1 rings (SSSR count). The molecule has 0 aromatic carbocycles. The van der Waals surface area contributed by atoms with Gasteiger partial charge in [0.15, 0.2) is 8.32 Å². The molecule has 3 unspecified atom stereocenters. The van der Waals surface area contributed by atoms with E-state index in [1.54, 1.807) is 7.11 Å². The second-order valence-corrected chi connectivity index (χ2v) is 17.3. The quantitative estimate of drug-likeness (QED) is 0.418. The van der Waals surface area contributed by atoms with Crippen LogP contribution in [0.15, 0.2) is 0 Å². The maximum absolute atomic E-state index is 6.27. The molecule has 3 atom stereocenters. The van der Waals surface area contributed by atoms with Crippen molar-refractivity contribution in [1.82, 2.24) is 0 Å². The standard InChI is InChI=1S/C12H30O6Si3/c1-8-16-21(7,17-19(3,4)5)18-20(6,13-2)11-14-9-12-10-15-12/h12H,8-11H2,1-7H3. The fourth-order valence-corrected chi connectivity index (χ4v) is 12.3. The molecule has 0 saturated carbocycles. The maximum atomic E-state index is 6.27. The van der Waals surface area contributed by atoms with Crippen LogP contribution < -0.4 is 0 Å². The Morgan fingerprint density at radius 3 is 2.14 bits per heavy atom. The number of hydrogen-bond acceptors (Lipinski definition) is 6. The second kappa shape index (κ2) is 7.79. The van der Waals surface area contributed by atoms with E-state index in [0.717, 1.165) is 6.61 Å². The van der Waals surface area contributed by atoms with Gasteiger partial charge in [0.1, 0.15) is 6.10 Å². The minimum Gasteiger partial charge on any atom is -0.417 e. The molecule has 9 heteroatoms. The minimum atomic E-state index is -2.72. The van der Waals surface area contributed by atoms with Crippen LogP contribution in [0.3, 0.4) is 0 Å². The maximum Gasteiger partial charge on any atom is 0.478 e. The van der Waals surface area contributed by atoms with Crippen molar-refractivity contribution in [2.45, 2.75) is 45.8 Å². The summed E-state index contributed by atoms with van der Waals surface area (Å²) in [5, 5.41) is 0. The van der Waals surface area contributed by atoms with Crippen LogP contribution >= 0.6 is 0 Å². The average molecular weight is 355 g/mol. The summed E-state index contributed by atoms with van der Waals surface area (Å²) >= 11 is 0. The van der Waals surface area contributed by atoms with E-state index in [-0.39, 0.29) is 6.10 Å². The van der Waals surface area contributed by atoms with Gasteiger partial charge in [0.2, 0.25) is 0 Å². The van der Waals surface area contributed by atoms with Crippen molar-refractivity contribution in [3.63, 3.8) is 0 Å². The van der Waals surface area contributed by atoms with Gasteiger partial charge < -0.3 is 26.6 Å². The molecule has 0 aromatic heterocycles. The Balaban J connectivity index is 2.61. The summed E-state index contributed by atoms with van der Waals surface area (Å²) in [5.74, 6) is 0. The van der Waals surface area contributed by atoms with Crippen molar-refractivity contribution in [2.24, 2.45) is 0 Å². The van der Waals surface area contributed by atoms with Crippen LogP contribution in [0, 0.1) is 0 Å². The molecule has 126 valence electrons. The van der Waals surface area contributed by atoms with Crippen LogP contribution in [0.4, 0.5) is 0 Å². The Hall–Kier alpha value is 0.411. The highest BCUT2D eigenvalue weighted by Gasteiger charge is 2.47. The lowest BCUT2D eigenvalue weighted by Gasteiger charge is -2.38. The lowest BCUT2D eigenvalue weighted by Crippen LogP contribution is -2.59. The van der Waals surface area contributed by atoms with E-state index in [9.17, 15) is 0 Å². The largest absolute Gasteiger partial charge is 0.478 e. The number of epoxide rings is 1. The molecule has 21 heavy (non-hydrogen) atoms. The van der Waals surface area contributed by atoms with Crippen molar-refractivity contribution >= 4 is 25.7 Å². The molecule has 0 aliphatic carbocycles. The summed E-state index contributed by atoms with van der Waals surface area (Å²) in [6.07, 6.45) is 0.697. The van der Waals surface area contributed by atoms with Crippen LogP contribution in [0.1, 0.15) is 6.92 Å². The summed E-state index contributed by atoms with van der Waals surface area (Å²) in [4.78, 5) is 0. The predicted molar refractivity (Wildman–Crippen MR) is 87.9 cm³/mol. The van der Waals surface area contributed by atoms with Gasteiger partial charge in [0.25, 0.3) is 0 Å². The highest BCUT2D eigenvalue weighted by molar-refractivity contribution is 6.84. The van der Waals surface area contributed by atoms with Crippen molar-refractivity contribution < 1.29 is 26.6 Å². The fraction of sp³-hybridized carbons (Fsp3) is 1.00. The van der Waals surface area contributed by atoms with E-state index in [0.29, 0.717) is 19.4 Å². The van der Waals surface area contributed by atoms with E-state index in [2.05, 4.69) is 19.6 Å². The fourth-order valence-electron chi connectivity index (χ4n) is 1.96. The van der Waals surface area contributed by atoms with Crippen LogP contribution in [0.25, 0.3) is 0 Å². The van der Waals surface area contributed by atoms with Gasteiger partial charge >= 0.3 is 17.4 Å². The van der Waals surface area contributed by atoms with Gasteiger partial charge in [-0.3, -0.25) is 0 Å². The molecule has 0 spiro atoms. The van der Waals surface area contributed by atoms with Crippen molar-refractivity contribution in [1.29, 1.82) is 0 Å². The van der Waals surface area contributed by atoms with Crippen molar-refractivity contribution in [3.8, 4) is 0 Å². The highest BCUT2D eigenvalue weighted by atomic mass is 28.5. The van der Waals surface area contributed by atoms with Gasteiger partial charge in [-0.2, -0.15) is 0 Å². The second-order valence-electron chi connectivity index (χ2n) is 6.42. The number of hydrogen-bond donors (Lipinski definition) is 0. The zero-order chi connectivity index (χ0) is 16.1. The Morgan fingerprint density at radius 2 is 1.71 bits per heavy atom. The van der Waals surface area contributed by atoms with E-state index in [1.807, 2.05) is 20.0 Å². The normalized spacial score (nSPS) is 24.4. The molecule has 1 saturated heterocycles. The third kappa shape index (κ3) is 8.00. The molecular weight excluding hydrogens is 324 g/mol. The van der Waals surface area contributed by atoms with Gasteiger partial charge in [-0.05, 0) is 33.1 Å². The molecule has 1 fully saturated rings. The van der Waals surface area contributed by atoms with Crippen LogP contribution in [-0.2, 0) is 26.6 Å².